The molecule has 8 heteroatoms. The van der Waals surface area contributed by atoms with Crippen LogP contribution >= 0.6 is 11.8 Å². The second-order valence-corrected chi connectivity index (χ2v) is 9.69. The molecule has 1 aliphatic carbocycles. The number of hydrogen-bond acceptors (Lipinski definition) is 5. The van der Waals surface area contributed by atoms with E-state index in [1.54, 1.807) is 15.4 Å². The lowest BCUT2D eigenvalue weighted by atomic mass is 9.95. The third-order valence-corrected chi connectivity index (χ3v) is 7.59. The SMILES string of the molecule is Cc1ccc(-n2ncc3c(=O)n4c(nc32)SCC4CC(=O)NC2CCCCC2)cc1C. The number of aryl methyl sites for hydroxylation is 2. The molecule has 1 aromatic carbocycles. The summed E-state index contributed by atoms with van der Waals surface area (Å²) in [7, 11) is 0. The Bertz CT molecular complexity index is 1210. The van der Waals surface area contributed by atoms with E-state index in [2.05, 4.69) is 30.3 Å². The minimum atomic E-state index is -0.169. The third-order valence-electron chi connectivity index (χ3n) is 6.50. The Morgan fingerprint density at radius 2 is 2.00 bits per heavy atom. The molecule has 1 atom stereocenters. The number of rotatable bonds is 4. The largest absolute Gasteiger partial charge is 0.353 e. The van der Waals surface area contributed by atoms with Gasteiger partial charge >= 0.3 is 0 Å². The van der Waals surface area contributed by atoms with Crippen molar-refractivity contribution in [3.63, 3.8) is 0 Å². The lowest BCUT2D eigenvalue weighted by molar-refractivity contribution is -0.122. The number of carbonyl (C=O) groups is 1. The molecule has 0 radical (unpaired) electrons. The summed E-state index contributed by atoms with van der Waals surface area (Å²) < 4.78 is 3.42. The summed E-state index contributed by atoms with van der Waals surface area (Å²) in [6, 6.07) is 6.21. The maximum Gasteiger partial charge on any atom is 0.265 e. The molecule has 2 aliphatic rings. The number of aromatic nitrogens is 4. The monoisotopic (exact) mass is 437 g/mol. The Balaban J connectivity index is 1.43. The molecule has 5 rings (SSSR count). The van der Waals surface area contributed by atoms with Gasteiger partial charge < -0.3 is 5.32 Å². The van der Waals surface area contributed by atoms with E-state index in [9.17, 15) is 9.59 Å². The first-order valence-electron chi connectivity index (χ1n) is 11.0. The van der Waals surface area contributed by atoms with Crippen LogP contribution in [0.4, 0.5) is 0 Å². The van der Waals surface area contributed by atoms with E-state index in [1.807, 2.05) is 12.1 Å². The number of hydrogen-bond donors (Lipinski definition) is 1. The Morgan fingerprint density at radius 1 is 1.19 bits per heavy atom. The van der Waals surface area contributed by atoms with Crippen LogP contribution in [0.2, 0.25) is 0 Å². The number of nitrogens with zero attached hydrogens (tertiary/aromatic N) is 4. The molecule has 1 unspecified atom stereocenters. The van der Waals surface area contributed by atoms with Crippen molar-refractivity contribution in [1.29, 1.82) is 0 Å². The van der Waals surface area contributed by atoms with E-state index in [4.69, 9.17) is 4.98 Å². The maximum absolute atomic E-state index is 13.3. The summed E-state index contributed by atoms with van der Waals surface area (Å²) in [5.41, 5.74) is 3.72. The smallest absolute Gasteiger partial charge is 0.265 e. The van der Waals surface area contributed by atoms with Crippen LogP contribution in [0.5, 0.6) is 0 Å². The summed E-state index contributed by atoms with van der Waals surface area (Å²) >= 11 is 1.54. The van der Waals surface area contributed by atoms with Gasteiger partial charge in [0.05, 0.1) is 17.9 Å². The highest BCUT2D eigenvalue weighted by Crippen LogP contribution is 2.33. The molecule has 0 saturated heterocycles. The minimum Gasteiger partial charge on any atom is -0.353 e. The number of fused-ring (bicyclic) bond motifs is 2. The summed E-state index contributed by atoms with van der Waals surface area (Å²) in [5, 5.41) is 8.77. The van der Waals surface area contributed by atoms with E-state index >= 15 is 0 Å². The molecule has 7 nitrogen and oxygen atoms in total. The van der Waals surface area contributed by atoms with Crippen molar-refractivity contribution in [1.82, 2.24) is 24.6 Å². The molecule has 1 amide bonds. The summed E-state index contributed by atoms with van der Waals surface area (Å²) in [6.07, 6.45) is 7.64. The van der Waals surface area contributed by atoms with Crippen LogP contribution in [0.1, 0.15) is 55.7 Å². The van der Waals surface area contributed by atoms with Gasteiger partial charge in [0.25, 0.3) is 5.56 Å². The van der Waals surface area contributed by atoms with Crippen molar-refractivity contribution < 1.29 is 4.79 Å². The van der Waals surface area contributed by atoms with E-state index in [-0.39, 0.29) is 23.6 Å². The van der Waals surface area contributed by atoms with Gasteiger partial charge in [-0.2, -0.15) is 5.10 Å². The predicted octanol–water partition coefficient (Wildman–Crippen LogP) is 3.68. The molecule has 2 aromatic heterocycles. The summed E-state index contributed by atoms with van der Waals surface area (Å²) in [4.78, 5) is 30.7. The lowest BCUT2D eigenvalue weighted by Gasteiger charge is -2.23. The molecule has 31 heavy (non-hydrogen) atoms. The van der Waals surface area contributed by atoms with Crippen LogP contribution in [0.15, 0.2) is 34.3 Å². The van der Waals surface area contributed by atoms with Crippen molar-refractivity contribution >= 4 is 28.7 Å². The molecule has 162 valence electrons. The van der Waals surface area contributed by atoms with Gasteiger partial charge in [-0.1, -0.05) is 37.1 Å². The second-order valence-electron chi connectivity index (χ2n) is 8.70. The van der Waals surface area contributed by atoms with Crippen LogP contribution in [0.3, 0.4) is 0 Å². The second kappa shape index (κ2) is 8.15. The third kappa shape index (κ3) is 3.78. The fourth-order valence-electron chi connectivity index (χ4n) is 4.57. The molecular weight excluding hydrogens is 410 g/mol. The molecular formula is C23H27N5O2S. The normalized spacial score (nSPS) is 19.0. The zero-order chi connectivity index (χ0) is 21.5. The van der Waals surface area contributed by atoms with Gasteiger partial charge in [-0.05, 0) is 49.9 Å². The minimum absolute atomic E-state index is 0.0307. The van der Waals surface area contributed by atoms with Crippen molar-refractivity contribution in [3.05, 3.63) is 45.9 Å². The zero-order valence-corrected chi connectivity index (χ0v) is 18.7. The fraction of sp³-hybridized carbons (Fsp3) is 0.478. The number of nitrogens with one attached hydrogen (secondary N) is 1. The zero-order valence-electron chi connectivity index (χ0n) is 17.9. The van der Waals surface area contributed by atoms with E-state index in [0.717, 1.165) is 24.1 Å². The molecule has 0 spiro atoms. The van der Waals surface area contributed by atoms with Gasteiger partial charge in [0.15, 0.2) is 10.8 Å². The van der Waals surface area contributed by atoms with Gasteiger partial charge in [0, 0.05) is 18.2 Å². The van der Waals surface area contributed by atoms with Crippen molar-refractivity contribution in [2.75, 3.05) is 5.75 Å². The molecule has 3 aromatic rings. The standard InChI is InChI=1S/C23H27N5O2S/c1-14-8-9-17(10-15(14)2)28-21-19(12-24-28)22(30)27-18(13-31-23(27)26-21)11-20(29)25-16-6-4-3-5-7-16/h8-10,12,16,18H,3-7,11,13H2,1-2H3,(H,25,29). The Hall–Kier alpha value is -2.61. The molecule has 1 saturated carbocycles. The van der Waals surface area contributed by atoms with Crippen LogP contribution in [0, 0.1) is 13.8 Å². The number of amides is 1. The Labute approximate surface area is 185 Å². The lowest BCUT2D eigenvalue weighted by Crippen LogP contribution is -2.38. The van der Waals surface area contributed by atoms with Gasteiger partial charge in [-0.3, -0.25) is 14.2 Å². The fourth-order valence-corrected chi connectivity index (χ4v) is 5.71. The first kappa shape index (κ1) is 20.3. The highest BCUT2D eigenvalue weighted by atomic mass is 32.2. The maximum atomic E-state index is 13.3. The van der Waals surface area contributed by atoms with Crippen LogP contribution in [-0.4, -0.2) is 37.0 Å². The molecule has 1 aliphatic heterocycles. The average Bonchev–Trinajstić information content (AvgIpc) is 3.36. The highest BCUT2D eigenvalue weighted by Gasteiger charge is 2.30. The van der Waals surface area contributed by atoms with Gasteiger partial charge in [-0.15, -0.1) is 0 Å². The predicted molar refractivity (Wildman–Crippen MR) is 122 cm³/mol. The van der Waals surface area contributed by atoms with Gasteiger partial charge in [0.1, 0.15) is 5.39 Å². The highest BCUT2D eigenvalue weighted by molar-refractivity contribution is 7.99. The first-order valence-corrected chi connectivity index (χ1v) is 12.0. The number of carbonyl (C=O) groups excluding carboxylic acids is 1. The number of thioether (sulfide) groups is 1. The average molecular weight is 438 g/mol. The van der Waals surface area contributed by atoms with Gasteiger partial charge in [0.2, 0.25) is 5.91 Å². The van der Waals surface area contributed by atoms with Crippen molar-refractivity contribution in [2.45, 2.75) is 69.6 Å². The van der Waals surface area contributed by atoms with Crippen molar-refractivity contribution in [3.8, 4) is 5.69 Å². The molecule has 1 fully saturated rings. The van der Waals surface area contributed by atoms with E-state index < -0.39 is 0 Å². The quantitative estimate of drug-likeness (QED) is 0.630. The number of benzene rings is 1. The summed E-state index contributed by atoms with van der Waals surface area (Å²) in [5.74, 6) is 0.715. The summed E-state index contributed by atoms with van der Waals surface area (Å²) in [6.45, 7) is 4.13. The Morgan fingerprint density at radius 3 is 2.77 bits per heavy atom. The Kier molecular flexibility index (Phi) is 5.33. The molecule has 3 heterocycles. The topological polar surface area (TPSA) is 81.8 Å². The molecule has 0 bridgehead atoms. The van der Waals surface area contributed by atoms with Crippen LogP contribution < -0.4 is 10.9 Å². The van der Waals surface area contributed by atoms with Crippen LogP contribution in [-0.2, 0) is 4.79 Å². The van der Waals surface area contributed by atoms with Gasteiger partial charge in [-0.25, -0.2) is 9.67 Å². The molecule has 1 N–H and O–H groups in total. The van der Waals surface area contributed by atoms with E-state index in [0.29, 0.717) is 28.4 Å². The van der Waals surface area contributed by atoms with E-state index in [1.165, 1.54) is 36.6 Å². The van der Waals surface area contributed by atoms with Crippen LogP contribution in [0.25, 0.3) is 16.7 Å². The first-order chi connectivity index (χ1) is 15.0. The van der Waals surface area contributed by atoms with Crippen molar-refractivity contribution in [2.24, 2.45) is 0 Å².